The van der Waals surface area contributed by atoms with E-state index in [4.69, 9.17) is 11.6 Å². The molecule has 0 heterocycles. The molecule has 0 radical (unpaired) electrons. The van der Waals surface area contributed by atoms with E-state index in [9.17, 15) is 0 Å². The van der Waals surface area contributed by atoms with E-state index >= 15 is 0 Å². The van der Waals surface area contributed by atoms with Crippen molar-refractivity contribution in [3.05, 3.63) is 0 Å². The van der Waals surface area contributed by atoms with E-state index in [1.54, 1.807) is 0 Å². The maximum absolute atomic E-state index is 5.76. The Morgan fingerprint density at radius 2 is 2.08 bits per heavy atom. The summed E-state index contributed by atoms with van der Waals surface area (Å²) in [5, 5.41) is 3.55. The van der Waals surface area contributed by atoms with Crippen molar-refractivity contribution >= 4 is 11.6 Å². The van der Waals surface area contributed by atoms with Crippen LogP contribution in [0.15, 0.2) is 0 Å². The lowest BCUT2D eigenvalue weighted by Crippen LogP contribution is -2.26. The third-order valence-corrected chi connectivity index (χ3v) is 3.17. The number of halogens is 1. The zero-order chi connectivity index (χ0) is 9.73. The van der Waals surface area contributed by atoms with Gasteiger partial charge >= 0.3 is 0 Å². The van der Waals surface area contributed by atoms with Gasteiger partial charge in [0.05, 0.1) is 0 Å². The fourth-order valence-corrected chi connectivity index (χ4v) is 2.04. The highest BCUT2D eigenvalue weighted by Crippen LogP contribution is 2.48. The minimum Gasteiger partial charge on any atom is -0.316 e. The van der Waals surface area contributed by atoms with Crippen molar-refractivity contribution in [1.82, 2.24) is 5.32 Å². The van der Waals surface area contributed by atoms with E-state index in [2.05, 4.69) is 19.2 Å². The molecular weight excluding hydrogens is 182 g/mol. The summed E-state index contributed by atoms with van der Waals surface area (Å²) < 4.78 is 0. The lowest BCUT2D eigenvalue weighted by Gasteiger charge is -2.14. The van der Waals surface area contributed by atoms with Gasteiger partial charge in [0, 0.05) is 12.4 Å². The molecule has 0 spiro atoms. The number of hydrogen-bond acceptors (Lipinski definition) is 1. The maximum Gasteiger partial charge on any atom is 0.0229 e. The number of rotatable bonds is 7. The molecule has 1 fully saturated rings. The van der Waals surface area contributed by atoms with Crippen LogP contribution in [0.3, 0.4) is 0 Å². The Balaban J connectivity index is 1.99. The SMILES string of the molecule is CC(C)CCNCC1(CCCl)CC1. The lowest BCUT2D eigenvalue weighted by molar-refractivity contribution is 0.430. The molecule has 1 N–H and O–H groups in total. The topological polar surface area (TPSA) is 12.0 Å². The van der Waals surface area contributed by atoms with E-state index < -0.39 is 0 Å². The molecule has 0 aromatic carbocycles. The standard InChI is InChI=1S/C11H22ClN/c1-10(2)3-8-13-9-11(4-5-11)6-7-12/h10,13H,3-9H2,1-2H3. The van der Waals surface area contributed by atoms with Gasteiger partial charge in [0.25, 0.3) is 0 Å². The third kappa shape index (κ3) is 4.33. The van der Waals surface area contributed by atoms with E-state index in [-0.39, 0.29) is 0 Å². The van der Waals surface area contributed by atoms with Crippen molar-refractivity contribution < 1.29 is 0 Å². The van der Waals surface area contributed by atoms with Crippen molar-refractivity contribution in [2.45, 2.75) is 39.5 Å². The van der Waals surface area contributed by atoms with Crippen molar-refractivity contribution in [3.8, 4) is 0 Å². The van der Waals surface area contributed by atoms with Gasteiger partial charge in [-0.3, -0.25) is 0 Å². The van der Waals surface area contributed by atoms with Gasteiger partial charge in [0.15, 0.2) is 0 Å². The molecule has 0 amide bonds. The monoisotopic (exact) mass is 203 g/mol. The molecule has 0 aromatic rings. The van der Waals surface area contributed by atoms with Crippen LogP contribution in [0.4, 0.5) is 0 Å². The molecule has 13 heavy (non-hydrogen) atoms. The van der Waals surface area contributed by atoms with Crippen LogP contribution in [0.1, 0.15) is 39.5 Å². The fraction of sp³-hybridized carbons (Fsp3) is 1.00. The highest BCUT2D eigenvalue weighted by atomic mass is 35.5. The Bertz CT molecular complexity index is 141. The molecule has 0 aromatic heterocycles. The van der Waals surface area contributed by atoms with Gasteiger partial charge in [-0.2, -0.15) is 0 Å². The molecule has 1 saturated carbocycles. The molecule has 0 aliphatic heterocycles. The van der Waals surface area contributed by atoms with E-state index in [0.717, 1.165) is 11.8 Å². The molecule has 0 unspecified atom stereocenters. The van der Waals surface area contributed by atoms with Gasteiger partial charge < -0.3 is 5.32 Å². The summed E-state index contributed by atoms with van der Waals surface area (Å²) in [5.41, 5.74) is 0.596. The molecule has 1 rings (SSSR count). The predicted octanol–water partition coefficient (Wildman–Crippen LogP) is 3.03. The van der Waals surface area contributed by atoms with Crippen LogP contribution in [0.2, 0.25) is 0 Å². The van der Waals surface area contributed by atoms with E-state index in [1.807, 2.05) is 0 Å². The second-order valence-electron chi connectivity index (χ2n) is 4.80. The van der Waals surface area contributed by atoms with E-state index in [1.165, 1.54) is 38.8 Å². The van der Waals surface area contributed by atoms with Crippen molar-refractivity contribution in [2.75, 3.05) is 19.0 Å². The first-order chi connectivity index (χ1) is 6.18. The van der Waals surface area contributed by atoms with Crippen LogP contribution < -0.4 is 5.32 Å². The Labute approximate surface area is 87.2 Å². The minimum absolute atomic E-state index is 0.596. The normalized spacial score (nSPS) is 19.4. The highest BCUT2D eigenvalue weighted by molar-refractivity contribution is 6.17. The van der Waals surface area contributed by atoms with Crippen LogP contribution in [0, 0.1) is 11.3 Å². The van der Waals surface area contributed by atoms with Gasteiger partial charge in [-0.05, 0) is 43.6 Å². The Hall–Kier alpha value is 0.250. The molecule has 2 heteroatoms. The summed E-state index contributed by atoms with van der Waals surface area (Å²) in [7, 11) is 0. The maximum atomic E-state index is 5.76. The largest absolute Gasteiger partial charge is 0.316 e. The Kier molecular flexibility index (Phi) is 4.54. The van der Waals surface area contributed by atoms with Gasteiger partial charge in [0.1, 0.15) is 0 Å². The summed E-state index contributed by atoms with van der Waals surface area (Å²) >= 11 is 5.76. The van der Waals surface area contributed by atoms with Crippen LogP contribution in [-0.2, 0) is 0 Å². The van der Waals surface area contributed by atoms with Crippen LogP contribution >= 0.6 is 11.6 Å². The van der Waals surface area contributed by atoms with Crippen LogP contribution in [-0.4, -0.2) is 19.0 Å². The number of hydrogen-bond donors (Lipinski definition) is 1. The molecule has 1 nitrogen and oxygen atoms in total. The second-order valence-corrected chi connectivity index (χ2v) is 5.18. The summed E-state index contributed by atoms with van der Waals surface area (Å²) in [5.74, 6) is 1.64. The zero-order valence-corrected chi connectivity index (χ0v) is 9.66. The molecule has 0 bridgehead atoms. The highest BCUT2D eigenvalue weighted by Gasteiger charge is 2.40. The summed E-state index contributed by atoms with van der Waals surface area (Å²) in [4.78, 5) is 0. The lowest BCUT2D eigenvalue weighted by atomic mass is 10.0. The average Bonchev–Trinajstić information content (AvgIpc) is 2.80. The van der Waals surface area contributed by atoms with Crippen molar-refractivity contribution in [3.63, 3.8) is 0 Å². The first kappa shape index (κ1) is 11.3. The molecule has 1 aliphatic carbocycles. The second kappa shape index (κ2) is 5.21. The molecular formula is C11H22ClN. The first-order valence-corrected chi connectivity index (χ1v) is 5.99. The van der Waals surface area contributed by atoms with Gasteiger partial charge in [0.2, 0.25) is 0 Å². The molecule has 0 saturated heterocycles. The third-order valence-electron chi connectivity index (χ3n) is 2.98. The summed E-state index contributed by atoms with van der Waals surface area (Å²) in [6.07, 6.45) is 5.25. The predicted molar refractivity (Wildman–Crippen MR) is 59.3 cm³/mol. The quantitative estimate of drug-likeness (QED) is 0.496. The first-order valence-electron chi connectivity index (χ1n) is 5.45. The van der Waals surface area contributed by atoms with Crippen LogP contribution in [0.5, 0.6) is 0 Å². The average molecular weight is 204 g/mol. The van der Waals surface area contributed by atoms with Gasteiger partial charge in [-0.25, -0.2) is 0 Å². The Morgan fingerprint density at radius 3 is 2.54 bits per heavy atom. The molecule has 0 atom stereocenters. The van der Waals surface area contributed by atoms with Crippen molar-refractivity contribution in [1.29, 1.82) is 0 Å². The van der Waals surface area contributed by atoms with Gasteiger partial charge in [-0.15, -0.1) is 11.6 Å². The minimum atomic E-state index is 0.596. The molecule has 78 valence electrons. The van der Waals surface area contributed by atoms with Crippen molar-refractivity contribution in [2.24, 2.45) is 11.3 Å². The summed E-state index contributed by atoms with van der Waals surface area (Å²) in [6.45, 7) is 6.90. The fourth-order valence-electron chi connectivity index (χ4n) is 1.64. The molecule has 1 aliphatic rings. The van der Waals surface area contributed by atoms with E-state index in [0.29, 0.717) is 5.41 Å². The number of nitrogens with one attached hydrogen (secondary N) is 1. The number of alkyl halides is 1. The smallest absolute Gasteiger partial charge is 0.0229 e. The summed E-state index contributed by atoms with van der Waals surface area (Å²) in [6, 6.07) is 0. The zero-order valence-electron chi connectivity index (χ0n) is 8.91. The van der Waals surface area contributed by atoms with Crippen LogP contribution in [0.25, 0.3) is 0 Å². The van der Waals surface area contributed by atoms with Gasteiger partial charge in [-0.1, -0.05) is 13.8 Å². The Morgan fingerprint density at radius 1 is 1.38 bits per heavy atom.